The van der Waals surface area contributed by atoms with E-state index in [2.05, 4.69) is 65.0 Å². The van der Waals surface area contributed by atoms with Crippen LogP contribution in [0.3, 0.4) is 0 Å². The number of carbonyl (C=O) groups is 6. The lowest BCUT2D eigenvalue weighted by atomic mass is 9.60. The molecule has 1 spiro atoms. The monoisotopic (exact) mass is 1040 g/mol. The molecule has 7 aliphatic rings. The van der Waals surface area contributed by atoms with Crippen molar-refractivity contribution in [2.45, 2.75) is 88.4 Å². The number of nitrogens with zero attached hydrogens (tertiary/aromatic N) is 9. The first-order chi connectivity index (χ1) is 35.8. The molecule has 2 aromatic heterocycles. The minimum absolute atomic E-state index is 0.000916. The van der Waals surface area contributed by atoms with E-state index < -0.39 is 35.5 Å². The molecule has 6 fully saturated rings. The van der Waals surface area contributed by atoms with Gasteiger partial charge in [0.2, 0.25) is 17.7 Å². The van der Waals surface area contributed by atoms with Gasteiger partial charge in [-0.25, -0.2) is 19.3 Å². The van der Waals surface area contributed by atoms with Crippen molar-refractivity contribution in [3.8, 4) is 0 Å². The van der Waals surface area contributed by atoms with E-state index in [1.165, 1.54) is 11.8 Å². The Morgan fingerprint density at radius 1 is 0.770 bits per heavy atom. The van der Waals surface area contributed by atoms with Crippen LogP contribution in [0.2, 0.25) is 10.0 Å². The number of amides is 6. The van der Waals surface area contributed by atoms with E-state index in [1.54, 1.807) is 30.9 Å². The third-order valence-corrected chi connectivity index (χ3v) is 17.5. The average molecular weight is 1050 g/mol. The minimum Gasteiger partial charge on any atom is -0.369 e. The van der Waals surface area contributed by atoms with Gasteiger partial charge in [0.15, 0.2) is 17.0 Å². The maximum absolute atomic E-state index is 15.6. The van der Waals surface area contributed by atoms with Gasteiger partial charge in [0.25, 0.3) is 17.7 Å². The first kappa shape index (κ1) is 48.3. The third-order valence-electron chi connectivity index (χ3n) is 16.9. The highest BCUT2D eigenvalue weighted by atomic mass is 35.5. The van der Waals surface area contributed by atoms with Crippen molar-refractivity contribution in [2.75, 3.05) is 67.5 Å². The summed E-state index contributed by atoms with van der Waals surface area (Å²) in [5.41, 5.74) is 4.19. The molecule has 5 aliphatic heterocycles. The minimum atomic E-state index is -1.12. The maximum Gasteiger partial charge on any atom is 0.262 e. The zero-order valence-corrected chi connectivity index (χ0v) is 42.1. The van der Waals surface area contributed by atoms with Gasteiger partial charge in [0, 0.05) is 94.2 Å². The number of benzene rings is 3. The highest BCUT2D eigenvalue weighted by molar-refractivity contribution is 6.39. The molecule has 12 rings (SSSR count). The molecule has 2 aliphatic carbocycles. The van der Waals surface area contributed by atoms with Crippen LogP contribution in [0.1, 0.15) is 101 Å². The molecule has 6 amide bonds. The van der Waals surface area contributed by atoms with E-state index in [9.17, 15) is 28.8 Å². The van der Waals surface area contributed by atoms with Crippen LogP contribution in [-0.4, -0.2) is 140 Å². The summed E-state index contributed by atoms with van der Waals surface area (Å²) in [5.74, 6) is -2.90. The number of imide groups is 2. The number of anilines is 4. The van der Waals surface area contributed by atoms with Crippen LogP contribution in [-0.2, 0) is 14.4 Å². The topological polar surface area (TPSA) is 198 Å². The molecule has 3 N–H and O–H groups in total. The molecule has 5 aromatic rings. The Morgan fingerprint density at radius 2 is 1.46 bits per heavy atom. The molecule has 2 saturated carbocycles. The zero-order chi connectivity index (χ0) is 51.0. The lowest BCUT2D eigenvalue weighted by molar-refractivity contribution is -0.141. The molecule has 1 atom stereocenters. The summed E-state index contributed by atoms with van der Waals surface area (Å²) in [6, 6.07) is 15.4. The highest BCUT2D eigenvalue weighted by Gasteiger charge is 2.50. The van der Waals surface area contributed by atoms with Crippen molar-refractivity contribution in [2.24, 2.45) is 11.3 Å². The number of imidazole rings is 1. The van der Waals surface area contributed by atoms with Crippen molar-refractivity contribution < 1.29 is 33.2 Å². The van der Waals surface area contributed by atoms with Gasteiger partial charge in [-0.05, 0) is 112 Å². The Hall–Kier alpha value is -6.70. The van der Waals surface area contributed by atoms with Crippen LogP contribution in [0.5, 0.6) is 0 Å². The van der Waals surface area contributed by atoms with Gasteiger partial charge >= 0.3 is 0 Å². The van der Waals surface area contributed by atoms with Gasteiger partial charge in [0.05, 0.1) is 38.8 Å². The van der Waals surface area contributed by atoms with E-state index in [-0.39, 0.29) is 70.5 Å². The number of hydrogen-bond donors (Lipinski definition) is 3. The van der Waals surface area contributed by atoms with Crippen LogP contribution in [0, 0.1) is 17.2 Å². The number of aromatic nitrogens is 4. The first-order valence-electron chi connectivity index (χ1n) is 25.7. The summed E-state index contributed by atoms with van der Waals surface area (Å²) in [4.78, 5) is 101. The molecule has 0 radical (unpaired) electrons. The fourth-order valence-electron chi connectivity index (χ4n) is 12.5. The summed E-state index contributed by atoms with van der Waals surface area (Å²) < 4.78 is 17.6. The van der Waals surface area contributed by atoms with Crippen molar-refractivity contribution in [3.05, 3.63) is 99.8 Å². The van der Waals surface area contributed by atoms with E-state index >= 15 is 4.39 Å². The molecule has 7 heterocycles. The quantitative estimate of drug-likeness (QED) is 0.131. The normalized spacial score (nSPS) is 23.5. The second-order valence-corrected chi connectivity index (χ2v) is 21.9. The van der Waals surface area contributed by atoms with Crippen LogP contribution in [0.15, 0.2) is 67.3 Å². The molecule has 0 unspecified atom stereocenters. The number of fused-ring (bicyclic) bond motifs is 2. The Morgan fingerprint density at radius 3 is 2.15 bits per heavy atom. The second-order valence-electron chi connectivity index (χ2n) is 21.1. The van der Waals surface area contributed by atoms with Crippen LogP contribution >= 0.6 is 23.2 Å². The van der Waals surface area contributed by atoms with E-state index in [4.69, 9.17) is 23.2 Å². The molecule has 21 heteroatoms. The SMILES string of the molecule is O=C1CC[C@H](N2C(=O)c3cc(F)c(N4CCC(C(=O)N5CCC6(CC5)CC(N5CCN(c7ccc(Nc8ncnc9c8ncn9C8CC(NC(=O)c9c(Cl)cccc9Cl)C8)cc7)CC5)C6)CC4)cc3C2=O)C(=O)N1. The predicted molar refractivity (Wildman–Crippen MR) is 274 cm³/mol. The van der Waals surface area contributed by atoms with Gasteiger partial charge in [-0.2, -0.15) is 0 Å². The maximum atomic E-state index is 15.6. The van der Waals surface area contributed by atoms with Crippen molar-refractivity contribution in [1.82, 2.24) is 44.9 Å². The first-order valence-corrected chi connectivity index (χ1v) is 26.4. The van der Waals surface area contributed by atoms with Crippen LogP contribution in [0.25, 0.3) is 11.2 Å². The fourth-order valence-corrected chi connectivity index (χ4v) is 13.1. The smallest absolute Gasteiger partial charge is 0.262 e. The molecule has 384 valence electrons. The van der Waals surface area contributed by atoms with Crippen molar-refractivity contribution >= 4 is 92.7 Å². The number of carbonyl (C=O) groups excluding carboxylic acids is 6. The highest BCUT2D eigenvalue weighted by Crippen LogP contribution is 2.51. The third kappa shape index (κ3) is 8.79. The van der Waals surface area contributed by atoms with E-state index in [1.807, 2.05) is 14.4 Å². The van der Waals surface area contributed by atoms with Crippen LogP contribution < -0.4 is 25.8 Å². The number of piperazine rings is 1. The molecular formula is C53H55Cl2FN12O6. The Kier molecular flexibility index (Phi) is 12.5. The molecule has 74 heavy (non-hydrogen) atoms. The Balaban J connectivity index is 0.574. The van der Waals surface area contributed by atoms with Gasteiger partial charge in [-0.1, -0.05) is 29.3 Å². The van der Waals surface area contributed by atoms with Crippen LogP contribution in [0.4, 0.5) is 27.3 Å². The number of rotatable bonds is 10. The standard InChI is InChI=1S/C53H55Cl2FN12O6/c54-38-2-1-3-39(55)44(38)49(71)61-32-22-34(23-32)67-29-59-45-46(57-28-58-47(45)67)60-31-4-6-33(7-5-31)63-18-20-64(21-19-63)35-26-53(27-35)12-16-66(17-13-53)50(72)30-10-14-65(15-11-30)42-25-37-36(24-40(42)56)51(73)68(52(37)74)41-8-9-43(69)62-48(41)70/h1-7,24-25,28-30,32,34-35,41H,8-23,26-27H2,(H,61,71)(H,57,58,60)(H,62,69,70)/t32?,34?,41-/m0/s1. The second kappa shape index (κ2) is 19.2. The van der Waals surface area contributed by atoms with E-state index in [0.29, 0.717) is 53.4 Å². The van der Waals surface area contributed by atoms with Gasteiger partial charge in [-0.15, -0.1) is 0 Å². The average Bonchev–Trinajstić information content (AvgIpc) is 3.92. The molecule has 18 nitrogen and oxygen atoms in total. The molecule has 4 saturated heterocycles. The Bertz CT molecular complexity index is 3080. The fraction of sp³-hybridized carbons (Fsp3) is 0.453. The summed E-state index contributed by atoms with van der Waals surface area (Å²) in [5, 5.41) is 9.32. The summed E-state index contributed by atoms with van der Waals surface area (Å²) in [6.07, 6.45) is 10.2. The lowest BCUT2D eigenvalue weighted by Gasteiger charge is -2.56. The number of piperidine rings is 3. The number of hydrogen-bond acceptors (Lipinski definition) is 13. The summed E-state index contributed by atoms with van der Waals surface area (Å²) >= 11 is 12.5. The lowest BCUT2D eigenvalue weighted by Crippen LogP contribution is -2.59. The Labute approximate surface area is 435 Å². The zero-order valence-electron chi connectivity index (χ0n) is 40.6. The van der Waals surface area contributed by atoms with Gasteiger partial charge < -0.3 is 29.9 Å². The number of nitrogens with one attached hydrogen (secondary N) is 3. The summed E-state index contributed by atoms with van der Waals surface area (Å²) in [6.45, 7) is 6.25. The number of likely N-dealkylation sites (tertiary alicyclic amines) is 1. The van der Waals surface area contributed by atoms with Gasteiger partial charge in [0.1, 0.15) is 18.2 Å². The van der Waals surface area contributed by atoms with Crippen molar-refractivity contribution in [1.29, 1.82) is 0 Å². The predicted octanol–water partition coefficient (Wildman–Crippen LogP) is 6.36. The largest absolute Gasteiger partial charge is 0.369 e. The van der Waals surface area contributed by atoms with E-state index in [0.717, 1.165) is 100 Å². The van der Waals surface area contributed by atoms with Crippen molar-refractivity contribution in [3.63, 3.8) is 0 Å². The molecule has 0 bridgehead atoms. The molecule has 3 aromatic carbocycles. The summed E-state index contributed by atoms with van der Waals surface area (Å²) in [7, 11) is 0. The van der Waals surface area contributed by atoms with Gasteiger partial charge in [-0.3, -0.25) is 43.9 Å². The molecular weight excluding hydrogens is 991 g/mol. The number of halogens is 3.